The average Bonchev–Trinajstić information content (AvgIpc) is 3.11. The minimum absolute atomic E-state index is 0.154. The third-order valence-electron chi connectivity index (χ3n) is 8.25. The Labute approximate surface area is 290 Å². The summed E-state index contributed by atoms with van der Waals surface area (Å²) in [6, 6.07) is 9.61. The Balaban J connectivity index is 1.88. The fraction of sp³-hybridized carbons (Fsp3) is 0.444. The fourth-order valence-electron chi connectivity index (χ4n) is 5.39. The number of esters is 2. The minimum atomic E-state index is -1.36. The van der Waals surface area contributed by atoms with E-state index in [9.17, 15) is 28.8 Å². The Morgan fingerprint density at radius 1 is 1.06 bits per heavy atom. The zero-order valence-electron chi connectivity index (χ0n) is 28.8. The van der Waals surface area contributed by atoms with Crippen LogP contribution in [0.1, 0.15) is 63.2 Å². The SMILES string of the molecule is C=CC(=O)OCC(C)(C)C(=O)C(=O)N1CCCC[C@H]1C(=O)O[C@H](CCc1ccc(OC)c(OC)c1)c1cccc(NC(=O)[C@@H](N)CC(=O)O)c1. The monoisotopic (exact) mass is 695 g/mol. The molecule has 1 saturated heterocycles. The Kier molecular flexibility index (Phi) is 14.1. The summed E-state index contributed by atoms with van der Waals surface area (Å²) in [4.78, 5) is 77.1. The van der Waals surface area contributed by atoms with Gasteiger partial charge in [0.1, 0.15) is 18.8 Å². The second-order valence-corrected chi connectivity index (χ2v) is 12.5. The highest BCUT2D eigenvalue weighted by atomic mass is 16.5. The molecule has 1 aliphatic rings. The molecule has 0 radical (unpaired) electrons. The van der Waals surface area contributed by atoms with Crippen LogP contribution in [0.5, 0.6) is 11.5 Å². The van der Waals surface area contributed by atoms with E-state index in [1.807, 2.05) is 6.07 Å². The van der Waals surface area contributed by atoms with E-state index in [4.69, 9.17) is 29.8 Å². The third kappa shape index (κ3) is 10.6. The summed E-state index contributed by atoms with van der Waals surface area (Å²) in [6.45, 7) is 6.09. The molecule has 0 bridgehead atoms. The first kappa shape index (κ1) is 39.2. The predicted octanol–water partition coefficient (Wildman–Crippen LogP) is 3.37. The number of piperidine rings is 1. The van der Waals surface area contributed by atoms with E-state index in [-0.39, 0.29) is 26.0 Å². The summed E-state index contributed by atoms with van der Waals surface area (Å²) in [5, 5.41) is 11.6. The van der Waals surface area contributed by atoms with Crippen LogP contribution >= 0.6 is 0 Å². The highest BCUT2D eigenvalue weighted by Crippen LogP contribution is 2.32. The van der Waals surface area contributed by atoms with Crippen molar-refractivity contribution >= 4 is 41.2 Å². The molecule has 14 heteroatoms. The summed E-state index contributed by atoms with van der Waals surface area (Å²) in [6.07, 6.45) is 1.68. The molecule has 2 aromatic carbocycles. The number of nitrogens with two attached hydrogens (primary N) is 1. The first-order valence-corrected chi connectivity index (χ1v) is 16.1. The zero-order valence-corrected chi connectivity index (χ0v) is 28.8. The number of carbonyl (C=O) groups excluding carboxylic acids is 5. The highest BCUT2D eigenvalue weighted by Gasteiger charge is 2.42. The molecule has 2 amide bonds. The molecule has 0 spiro atoms. The van der Waals surface area contributed by atoms with Crippen molar-refractivity contribution in [3.63, 3.8) is 0 Å². The number of hydrogen-bond acceptors (Lipinski definition) is 11. The van der Waals surface area contributed by atoms with Crippen molar-refractivity contribution in [1.82, 2.24) is 4.90 Å². The lowest BCUT2D eigenvalue weighted by atomic mass is 9.87. The van der Waals surface area contributed by atoms with Crippen LogP contribution in [-0.2, 0) is 44.7 Å². The first-order valence-electron chi connectivity index (χ1n) is 16.1. The number of ether oxygens (including phenoxy) is 4. The van der Waals surface area contributed by atoms with Gasteiger partial charge >= 0.3 is 17.9 Å². The van der Waals surface area contributed by atoms with Crippen molar-refractivity contribution in [2.24, 2.45) is 11.1 Å². The summed E-state index contributed by atoms with van der Waals surface area (Å²) < 4.78 is 21.9. The van der Waals surface area contributed by atoms with Gasteiger partial charge in [0.05, 0.1) is 32.1 Å². The Bertz CT molecular complexity index is 1590. The number of anilines is 1. The molecule has 0 aromatic heterocycles. The summed E-state index contributed by atoms with van der Waals surface area (Å²) in [7, 11) is 3.05. The number of hydrogen-bond donors (Lipinski definition) is 3. The lowest BCUT2D eigenvalue weighted by Crippen LogP contribution is -2.53. The van der Waals surface area contributed by atoms with Gasteiger partial charge in [0.2, 0.25) is 11.7 Å². The van der Waals surface area contributed by atoms with Gasteiger partial charge in [-0.2, -0.15) is 0 Å². The number of aliphatic carboxylic acids is 1. The van der Waals surface area contributed by atoms with E-state index in [0.717, 1.165) is 11.6 Å². The maximum absolute atomic E-state index is 13.9. The lowest BCUT2D eigenvalue weighted by molar-refractivity contribution is -0.165. The van der Waals surface area contributed by atoms with Gasteiger partial charge in [0.15, 0.2) is 11.5 Å². The third-order valence-corrected chi connectivity index (χ3v) is 8.25. The molecule has 0 unspecified atom stereocenters. The molecule has 14 nitrogen and oxygen atoms in total. The van der Waals surface area contributed by atoms with Crippen LogP contribution in [0, 0.1) is 5.41 Å². The molecule has 4 N–H and O–H groups in total. The van der Waals surface area contributed by atoms with Crippen molar-refractivity contribution in [3.8, 4) is 11.5 Å². The number of carbonyl (C=O) groups is 6. The van der Waals surface area contributed by atoms with E-state index >= 15 is 0 Å². The summed E-state index contributed by atoms with van der Waals surface area (Å²) >= 11 is 0. The van der Waals surface area contributed by atoms with Crippen molar-refractivity contribution in [2.75, 3.05) is 32.7 Å². The zero-order chi connectivity index (χ0) is 37.0. The number of benzene rings is 2. The molecule has 3 rings (SSSR count). The van der Waals surface area contributed by atoms with Crippen molar-refractivity contribution < 1.29 is 52.8 Å². The molecular weight excluding hydrogens is 650 g/mol. The Hall–Kier alpha value is -5.24. The molecule has 0 saturated carbocycles. The van der Waals surface area contributed by atoms with E-state index in [1.54, 1.807) is 36.4 Å². The molecule has 0 aliphatic carbocycles. The van der Waals surface area contributed by atoms with Crippen LogP contribution in [0.3, 0.4) is 0 Å². The van der Waals surface area contributed by atoms with Crippen molar-refractivity contribution in [3.05, 3.63) is 66.2 Å². The van der Waals surface area contributed by atoms with Crippen LogP contribution in [-0.4, -0.2) is 85.0 Å². The molecule has 50 heavy (non-hydrogen) atoms. The Morgan fingerprint density at radius 3 is 2.44 bits per heavy atom. The van der Waals surface area contributed by atoms with Gasteiger partial charge in [-0.05, 0) is 81.3 Å². The van der Waals surface area contributed by atoms with Crippen LogP contribution in [0.2, 0.25) is 0 Å². The molecular formula is C36H45N3O11. The molecule has 1 fully saturated rings. The number of Topliss-reactive ketones (excluding diaryl/α,β-unsaturated/α-hetero) is 1. The minimum Gasteiger partial charge on any atom is -0.493 e. The van der Waals surface area contributed by atoms with Crippen molar-refractivity contribution in [2.45, 2.75) is 70.6 Å². The maximum Gasteiger partial charge on any atom is 0.330 e. The fourth-order valence-corrected chi connectivity index (χ4v) is 5.39. The predicted molar refractivity (Wildman–Crippen MR) is 181 cm³/mol. The number of aryl methyl sites for hydroxylation is 1. The Morgan fingerprint density at radius 2 is 1.78 bits per heavy atom. The number of ketones is 1. The number of carboxylic acid groups (broad SMARTS) is 1. The van der Waals surface area contributed by atoms with Crippen LogP contribution in [0.25, 0.3) is 0 Å². The van der Waals surface area contributed by atoms with Gasteiger partial charge in [-0.3, -0.25) is 19.2 Å². The van der Waals surface area contributed by atoms with E-state index < -0.39 is 65.5 Å². The standard InChI is InChI=1S/C36H45N3O11/c1-6-31(42)49-21-36(2,3)32(43)34(45)39-17-8-7-12-26(39)35(46)50-27(15-13-22-14-16-28(47-4)29(18-22)48-5)23-10-9-11-24(19-23)38-33(44)25(37)20-30(40)41/h6,9-11,14,16,18-19,25-27H,1,7-8,12-13,15,17,20-21,37H2,2-5H3,(H,38,44)(H,40,41)/t25-,26-,27+/m0/s1. The second-order valence-electron chi connectivity index (χ2n) is 12.5. The normalized spacial score (nSPS) is 15.5. The van der Waals surface area contributed by atoms with Crippen LogP contribution in [0.4, 0.5) is 5.69 Å². The molecule has 1 aliphatic heterocycles. The van der Waals surface area contributed by atoms with Crippen molar-refractivity contribution in [1.29, 1.82) is 0 Å². The number of nitrogens with one attached hydrogen (secondary N) is 1. The number of amides is 2. The average molecular weight is 696 g/mol. The van der Waals surface area contributed by atoms with E-state index in [1.165, 1.54) is 33.0 Å². The topological polar surface area (TPSA) is 201 Å². The number of nitrogens with zero attached hydrogens (tertiary/aromatic N) is 1. The van der Waals surface area contributed by atoms with E-state index in [2.05, 4.69) is 11.9 Å². The quantitative estimate of drug-likeness (QED) is 0.124. The number of methoxy groups -OCH3 is 2. The summed E-state index contributed by atoms with van der Waals surface area (Å²) in [5.74, 6) is -4.00. The van der Waals surface area contributed by atoms with Gasteiger partial charge in [0, 0.05) is 18.3 Å². The molecule has 2 aromatic rings. The molecule has 270 valence electrons. The lowest BCUT2D eigenvalue weighted by Gasteiger charge is -2.36. The highest BCUT2D eigenvalue weighted by molar-refractivity contribution is 6.38. The van der Waals surface area contributed by atoms with Gasteiger partial charge in [0.25, 0.3) is 5.91 Å². The summed E-state index contributed by atoms with van der Waals surface area (Å²) in [5.41, 5.74) is 6.04. The van der Waals surface area contributed by atoms with E-state index in [0.29, 0.717) is 42.0 Å². The number of rotatable bonds is 17. The number of likely N-dealkylation sites (tertiary alicyclic amines) is 1. The second kappa shape index (κ2) is 18.0. The van der Waals surface area contributed by atoms with Gasteiger partial charge in [-0.15, -0.1) is 0 Å². The number of carboxylic acids is 1. The van der Waals surface area contributed by atoms with Crippen LogP contribution in [0.15, 0.2) is 55.1 Å². The van der Waals surface area contributed by atoms with Gasteiger partial charge < -0.3 is 40.0 Å². The van der Waals surface area contributed by atoms with Gasteiger partial charge in [-0.1, -0.05) is 24.8 Å². The molecule has 3 atom stereocenters. The first-order chi connectivity index (χ1) is 23.7. The smallest absolute Gasteiger partial charge is 0.330 e. The largest absolute Gasteiger partial charge is 0.493 e. The van der Waals surface area contributed by atoms with Crippen LogP contribution < -0.4 is 20.5 Å². The molecule has 1 heterocycles. The van der Waals surface area contributed by atoms with Gasteiger partial charge in [-0.25, -0.2) is 9.59 Å². The maximum atomic E-state index is 13.9.